The summed E-state index contributed by atoms with van der Waals surface area (Å²) in [4.78, 5) is 13.7. The zero-order valence-corrected chi connectivity index (χ0v) is 19.6. The van der Waals surface area contributed by atoms with Crippen molar-refractivity contribution in [1.82, 2.24) is 20.1 Å². The standard InChI is InChI=1S/C21H18F2N4O2S.C4H6/c1-12-20(30(29)14-6-7-18-13(8-14)10-25-26-18)9-19(27(12)2)21(28)24-11-15-16(22)4-3-5-17(15)23;1-3-4-2/h3-10H,11H2,1-2H3,(H,24,28)(H,25,26);3-4H,1-2H2. The molecule has 1 unspecified atom stereocenters. The molecular formula is C25H24F2N4O2S. The van der Waals surface area contributed by atoms with Gasteiger partial charge in [-0.05, 0) is 43.3 Å². The molecule has 0 saturated heterocycles. The minimum Gasteiger partial charge on any atom is -0.346 e. The summed E-state index contributed by atoms with van der Waals surface area (Å²) in [5.41, 5.74) is 1.52. The predicted molar refractivity (Wildman–Crippen MR) is 129 cm³/mol. The molecule has 0 radical (unpaired) electrons. The molecule has 1 atom stereocenters. The molecule has 1 amide bonds. The highest BCUT2D eigenvalue weighted by Gasteiger charge is 2.21. The molecule has 2 aromatic carbocycles. The second kappa shape index (κ2) is 10.8. The van der Waals surface area contributed by atoms with Crippen molar-refractivity contribution in [3.05, 3.63) is 103 Å². The number of nitrogens with zero attached hydrogens (tertiary/aromatic N) is 2. The third kappa shape index (κ3) is 5.20. The van der Waals surface area contributed by atoms with Crippen LogP contribution in [0.15, 0.2) is 83.8 Å². The average Bonchev–Trinajstić information content (AvgIpc) is 3.42. The molecule has 2 heterocycles. The van der Waals surface area contributed by atoms with E-state index in [9.17, 15) is 17.8 Å². The highest BCUT2D eigenvalue weighted by atomic mass is 32.2. The molecule has 0 aliphatic carbocycles. The molecule has 4 rings (SSSR count). The Balaban J connectivity index is 0.000000751. The lowest BCUT2D eigenvalue weighted by Crippen LogP contribution is -2.26. The van der Waals surface area contributed by atoms with E-state index in [2.05, 4.69) is 28.7 Å². The summed E-state index contributed by atoms with van der Waals surface area (Å²) in [5.74, 6) is -1.97. The Morgan fingerprint density at radius 1 is 1.18 bits per heavy atom. The van der Waals surface area contributed by atoms with Crippen LogP contribution in [0.4, 0.5) is 8.78 Å². The molecule has 0 aliphatic heterocycles. The largest absolute Gasteiger partial charge is 0.346 e. The Morgan fingerprint density at radius 3 is 2.50 bits per heavy atom. The monoisotopic (exact) mass is 482 g/mol. The number of aromatic nitrogens is 3. The quantitative estimate of drug-likeness (QED) is 0.382. The minimum absolute atomic E-state index is 0.214. The number of carbonyl (C=O) groups is 1. The minimum atomic E-state index is -1.51. The number of rotatable bonds is 6. The van der Waals surface area contributed by atoms with E-state index in [1.165, 1.54) is 12.1 Å². The maximum absolute atomic E-state index is 13.8. The maximum Gasteiger partial charge on any atom is 0.268 e. The first-order valence-electron chi connectivity index (χ1n) is 10.2. The lowest BCUT2D eigenvalue weighted by molar-refractivity contribution is 0.0942. The number of H-pyrrole nitrogens is 1. The number of carbonyl (C=O) groups excluding carboxylic acids is 1. The number of amides is 1. The average molecular weight is 483 g/mol. The molecule has 0 bridgehead atoms. The first-order chi connectivity index (χ1) is 16.3. The molecule has 176 valence electrons. The summed E-state index contributed by atoms with van der Waals surface area (Å²) in [6, 6.07) is 10.4. The molecule has 34 heavy (non-hydrogen) atoms. The highest BCUT2D eigenvalue weighted by Crippen LogP contribution is 2.25. The van der Waals surface area contributed by atoms with Crippen LogP contribution in [-0.4, -0.2) is 24.9 Å². The first-order valence-corrected chi connectivity index (χ1v) is 11.4. The van der Waals surface area contributed by atoms with Gasteiger partial charge in [-0.3, -0.25) is 9.89 Å². The Morgan fingerprint density at radius 2 is 1.85 bits per heavy atom. The molecule has 9 heteroatoms. The maximum atomic E-state index is 13.8. The van der Waals surface area contributed by atoms with Gasteiger partial charge in [0, 0.05) is 35.1 Å². The van der Waals surface area contributed by atoms with Gasteiger partial charge in [-0.15, -0.1) is 0 Å². The number of benzene rings is 2. The van der Waals surface area contributed by atoms with Gasteiger partial charge in [-0.2, -0.15) is 5.10 Å². The number of fused-ring (bicyclic) bond motifs is 1. The Kier molecular flexibility index (Phi) is 7.91. The van der Waals surface area contributed by atoms with Crippen molar-refractivity contribution in [2.45, 2.75) is 23.3 Å². The van der Waals surface area contributed by atoms with Gasteiger partial charge in [0.25, 0.3) is 5.91 Å². The van der Waals surface area contributed by atoms with Crippen LogP contribution in [0.3, 0.4) is 0 Å². The van der Waals surface area contributed by atoms with Gasteiger partial charge < -0.3 is 9.88 Å². The summed E-state index contributed by atoms with van der Waals surface area (Å²) in [5, 5.41) is 10.2. The number of nitrogens with one attached hydrogen (secondary N) is 2. The number of hydrogen-bond donors (Lipinski definition) is 2. The van der Waals surface area contributed by atoms with Gasteiger partial charge >= 0.3 is 0 Å². The van der Waals surface area contributed by atoms with Crippen LogP contribution in [0, 0.1) is 18.6 Å². The lowest BCUT2D eigenvalue weighted by atomic mass is 10.2. The number of allylic oxidation sites excluding steroid dienone is 2. The summed E-state index contributed by atoms with van der Waals surface area (Å²) in [6.45, 7) is 8.19. The Hall–Kier alpha value is -3.85. The predicted octanol–water partition coefficient (Wildman–Crippen LogP) is 4.94. The second-order valence-electron chi connectivity index (χ2n) is 7.28. The van der Waals surface area contributed by atoms with Gasteiger partial charge in [0.2, 0.25) is 0 Å². The van der Waals surface area contributed by atoms with Crippen molar-refractivity contribution in [1.29, 1.82) is 0 Å². The second-order valence-corrected chi connectivity index (χ2v) is 8.73. The van der Waals surface area contributed by atoms with Gasteiger partial charge in [-0.25, -0.2) is 13.0 Å². The van der Waals surface area contributed by atoms with E-state index in [-0.39, 0.29) is 17.8 Å². The lowest BCUT2D eigenvalue weighted by Gasteiger charge is -2.08. The molecule has 2 aromatic heterocycles. The number of hydrogen-bond acceptors (Lipinski definition) is 3. The van der Waals surface area contributed by atoms with Crippen molar-refractivity contribution >= 4 is 27.6 Å². The van der Waals surface area contributed by atoms with E-state index in [4.69, 9.17) is 0 Å². The topological polar surface area (TPSA) is 79.8 Å². The third-order valence-corrected chi connectivity index (χ3v) is 6.70. The van der Waals surface area contributed by atoms with Crippen LogP contribution in [0.2, 0.25) is 0 Å². The van der Waals surface area contributed by atoms with E-state index in [1.807, 2.05) is 0 Å². The fourth-order valence-electron chi connectivity index (χ4n) is 3.20. The van der Waals surface area contributed by atoms with Crippen LogP contribution in [0.25, 0.3) is 10.9 Å². The van der Waals surface area contributed by atoms with Gasteiger partial charge in [-0.1, -0.05) is 31.4 Å². The fourth-order valence-corrected chi connectivity index (χ4v) is 4.50. The van der Waals surface area contributed by atoms with E-state index in [1.54, 1.807) is 55.1 Å². The van der Waals surface area contributed by atoms with Gasteiger partial charge in [0.15, 0.2) is 0 Å². The molecule has 4 aromatic rings. The summed E-state index contributed by atoms with van der Waals surface area (Å²) >= 11 is 0. The summed E-state index contributed by atoms with van der Waals surface area (Å²) in [6.07, 6.45) is 4.93. The molecular weight excluding hydrogens is 458 g/mol. The fraction of sp³-hybridized carbons (Fsp3) is 0.120. The van der Waals surface area contributed by atoms with Crippen LogP contribution >= 0.6 is 0 Å². The molecule has 2 N–H and O–H groups in total. The van der Waals surface area contributed by atoms with Crippen molar-refractivity contribution in [3.8, 4) is 0 Å². The zero-order chi connectivity index (χ0) is 24.8. The SMILES string of the molecule is C=CC=C.Cc1c(S(=O)c2ccc3[nH]ncc3c2)cc(C(=O)NCc2c(F)cccc2F)n1C. The van der Waals surface area contributed by atoms with E-state index < -0.39 is 28.3 Å². The van der Waals surface area contributed by atoms with Crippen LogP contribution < -0.4 is 5.32 Å². The summed E-state index contributed by atoms with van der Waals surface area (Å²) in [7, 11) is 0.160. The number of aromatic amines is 1. The molecule has 0 saturated carbocycles. The van der Waals surface area contributed by atoms with Crippen molar-refractivity contribution < 1.29 is 17.8 Å². The molecule has 0 fully saturated rings. The highest BCUT2D eigenvalue weighted by molar-refractivity contribution is 7.85. The molecule has 6 nitrogen and oxygen atoms in total. The van der Waals surface area contributed by atoms with E-state index >= 15 is 0 Å². The third-order valence-electron chi connectivity index (χ3n) is 5.20. The molecule has 0 spiro atoms. The van der Waals surface area contributed by atoms with Crippen LogP contribution in [0.5, 0.6) is 0 Å². The van der Waals surface area contributed by atoms with E-state index in [0.29, 0.717) is 15.5 Å². The van der Waals surface area contributed by atoms with Crippen LogP contribution in [0.1, 0.15) is 21.7 Å². The Bertz CT molecular complexity index is 1360. The van der Waals surface area contributed by atoms with Crippen molar-refractivity contribution in [2.75, 3.05) is 0 Å². The zero-order valence-electron chi connectivity index (χ0n) is 18.8. The van der Waals surface area contributed by atoms with Gasteiger partial charge in [0.05, 0.1) is 27.4 Å². The Labute approximate surface area is 198 Å². The number of halogens is 2. The first kappa shape index (κ1) is 24.8. The summed E-state index contributed by atoms with van der Waals surface area (Å²) < 4.78 is 42.3. The molecule has 0 aliphatic rings. The normalized spacial score (nSPS) is 11.4. The van der Waals surface area contributed by atoms with Crippen LogP contribution in [-0.2, 0) is 24.4 Å². The van der Waals surface area contributed by atoms with Gasteiger partial charge in [0.1, 0.15) is 17.3 Å². The smallest absolute Gasteiger partial charge is 0.268 e. The van der Waals surface area contributed by atoms with Crippen molar-refractivity contribution in [3.63, 3.8) is 0 Å². The van der Waals surface area contributed by atoms with Crippen molar-refractivity contribution in [2.24, 2.45) is 7.05 Å². The van der Waals surface area contributed by atoms with E-state index in [0.717, 1.165) is 23.0 Å².